The van der Waals surface area contributed by atoms with E-state index in [0.717, 1.165) is 41.4 Å². The quantitative estimate of drug-likeness (QED) is 0.313. The molecule has 1 aromatic rings. The molecule has 1 aliphatic carbocycles. The van der Waals surface area contributed by atoms with Gasteiger partial charge in [-0.15, -0.1) is 0 Å². The van der Waals surface area contributed by atoms with E-state index in [1.54, 1.807) is 7.11 Å². The maximum absolute atomic E-state index is 13.3. The van der Waals surface area contributed by atoms with Crippen LogP contribution in [0.5, 0.6) is 5.75 Å². The molecule has 2 fully saturated rings. The molecule has 0 bridgehead atoms. The van der Waals surface area contributed by atoms with E-state index in [1.165, 1.54) is 5.57 Å². The highest BCUT2D eigenvalue weighted by molar-refractivity contribution is 6.43. The molecule has 0 aromatic heterocycles. The van der Waals surface area contributed by atoms with Crippen LogP contribution in [-0.4, -0.2) is 67.0 Å². The first-order valence-corrected chi connectivity index (χ1v) is 13.1. The maximum Gasteiger partial charge on any atom is 0.455 e. The normalized spacial score (nSPS) is 25.6. The smallest absolute Gasteiger partial charge is 0.455 e. The summed E-state index contributed by atoms with van der Waals surface area (Å²) in [6.07, 6.45) is 3.22. The minimum Gasteiger partial charge on any atom is -0.507 e. The van der Waals surface area contributed by atoms with Crippen LogP contribution < -0.4 is 0 Å². The number of aromatic hydroxyl groups is 1. The van der Waals surface area contributed by atoms with Gasteiger partial charge >= 0.3 is 13.2 Å². The minimum absolute atomic E-state index is 0.163. The molecule has 2 aliphatic heterocycles. The van der Waals surface area contributed by atoms with Crippen LogP contribution in [0.2, 0.25) is 6.32 Å². The van der Waals surface area contributed by atoms with Gasteiger partial charge < -0.3 is 24.3 Å². The topological polar surface area (TPSA) is 123 Å². The molecule has 1 aromatic carbocycles. The van der Waals surface area contributed by atoms with Crippen LogP contribution in [-0.2, 0) is 23.7 Å². The maximum atomic E-state index is 13.3. The molecule has 0 unspecified atom stereocenters. The van der Waals surface area contributed by atoms with Crippen molar-refractivity contribution in [1.29, 1.82) is 0 Å². The number of nitrogens with zero attached hydrogens (tertiary/aromatic N) is 1. The van der Waals surface area contributed by atoms with Crippen LogP contribution in [0.25, 0.3) is 6.08 Å². The Hall–Kier alpha value is -2.95. The number of ether oxygens (including phenoxy) is 2. The summed E-state index contributed by atoms with van der Waals surface area (Å²) in [6.45, 7) is 6.10. The molecule has 204 valence electrons. The van der Waals surface area contributed by atoms with Crippen LogP contribution in [0.4, 0.5) is 4.79 Å². The number of rotatable bonds is 7. The highest BCUT2D eigenvalue weighted by atomic mass is 16.5. The van der Waals surface area contributed by atoms with E-state index in [0.29, 0.717) is 29.9 Å². The molecule has 2 saturated heterocycles. The molecule has 0 radical (unpaired) electrons. The number of amides is 3. The highest BCUT2D eigenvalue weighted by Gasteiger charge is 2.59. The number of imide groups is 3. The fourth-order valence-electron chi connectivity index (χ4n) is 6.32. The summed E-state index contributed by atoms with van der Waals surface area (Å²) in [7, 11) is 1.62. The van der Waals surface area contributed by atoms with Gasteiger partial charge in [0.15, 0.2) is 0 Å². The zero-order chi connectivity index (χ0) is 27.7. The predicted octanol–water partition coefficient (Wildman–Crippen LogP) is 3.79. The van der Waals surface area contributed by atoms with Gasteiger partial charge in [-0.25, -0.2) is 4.79 Å². The Morgan fingerprint density at radius 3 is 2.47 bits per heavy atom. The van der Waals surface area contributed by atoms with E-state index in [1.807, 2.05) is 26.0 Å². The lowest BCUT2D eigenvalue weighted by Gasteiger charge is -2.43. The van der Waals surface area contributed by atoms with Crippen LogP contribution in [0.15, 0.2) is 28.9 Å². The van der Waals surface area contributed by atoms with Crippen molar-refractivity contribution in [1.82, 2.24) is 4.90 Å². The molecular formula is C28H36BNO8. The fourth-order valence-corrected chi connectivity index (χ4v) is 6.32. The molecule has 0 spiro atoms. The zero-order valence-electron chi connectivity index (χ0n) is 22.7. The van der Waals surface area contributed by atoms with Gasteiger partial charge in [0, 0.05) is 7.11 Å². The Bertz CT molecular complexity index is 1170. The number of likely N-dealkylation sites (tertiary alicyclic amines) is 1. The standard InChI is InChI=1S/C28H36BNO8/c1-6-17(11-18-9-15(2)25(31)16(3)10-18)7-8-22-23-19(14-36-4)12-20-24(21(23)13-29(35)38-22)27(33)30(26(20)32)28(34)37-5/h9-11,20-22,24,31,35H,6-8,12-14H2,1-5H3/b17-11+/t20-,21+,22-,24-/m1/s1. The third kappa shape index (κ3) is 5.17. The average molecular weight is 525 g/mol. The van der Waals surface area contributed by atoms with Gasteiger partial charge in [0.1, 0.15) is 5.75 Å². The lowest BCUT2D eigenvalue weighted by atomic mass is 9.58. The first kappa shape index (κ1) is 28.1. The van der Waals surface area contributed by atoms with Gasteiger partial charge in [-0.05, 0) is 91.7 Å². The largest absolute Gasteiger partial charge is 0.507 e. The van der Waals surface area contributed by atoms with Crippen molar-refractivity contribution < 1.29 is 38.6 Å². The van der Waals surface area contributed by atoms with E-state index in [9.17, 15) is 24.5 Å². The van der Waals surface area contributed by atoms with Crippen molar-refractivity contribution in [3.63, 3.8) is 0 Å². The van der Waals surface area contributed by atoms with Crippen molar-refractivity contribution in [3.05, 3.63) is 45.5 Å². The number of allylic oxidation sites excluding steroid dienone is 1. The summed E-state index contributed by atoms with van der Waals surface area (Å²) in [5, 5.41) is 20.8. The minimum atomic E-state index is -1.09. The molecule has 4 rings (SSSR count). The summed E-state index contributed by atoms with van der Waals surface area (Å²) in [4.78, 5) is 39.2. The van der Waals surface area contributed by atoms with E-state index in [4.69, 9.17) is 14.1 Å². The number of hydrogen-bond acceptors (Lipinski definition) is 8. The predicted molar refractivity (Wildman–Crippen MR) is 141 cm³/mol. The highest BCUT2D eigenvalue weighted by Crippen LogP contribution is 2.50. The number of fused-ring (bicyclic) bond motifs is 3. The van der Waals surface area contributed by atoms with Crippen LogP contribution >= 0.6 is 0 Å². The second kappa shape index (κ2) is 11.4. The molecule has 4 atom stereocenters. The first-order valence-electron chi connectivity index (χ1n) is 13.1. The van der Waals surface area contributed by atoms with Crippen molar-refractivity contribution in [2.24, 2.45) is 17.8 Å². The number of phenolic OH excluding ortho intramolecular Hbond substituents is 1. The van der Waals surface area contributed by atoms with Crippen LogP contribution in [0.3, 0.4) is 0 Å². The fraction of sp³-hybridized carbons (Fsp3) is 0.536. The Balaban J connectivity index is 1.63. The van der Waals surface area contributed by atoms with E-state index < -0.39 is 48.9 Å². The van der Waals surface area contributed by atoms with Gasteiger partial charge in [-0.3, -0.25) is 9.59 Å². The van der Waals surface area contributed by atoms with Gasteiger partial charge in [0.2, 0.25) is 11.8 Å². The van der Waals surface area contributed by atoms with Crippen molar-refractivity contribution in [2.75, 3.05) is 20.8 Å². The number of aryl methyl sites for hydroxylation is 2. The Morgan fingerprint density at radius 1 is 1.18 bits per heavy atom. The molecule has 38 heavy (non-hydrogen) atoms. The Morgan fingerprint density at radius 2 is 1.87 bits per heavy atom. The molecule has 2 N–H and O–H groups in total. The lowest BCUT2D eigenvalue weighted by molar-refractivity contribution is -0.137. The number of carbonyl (C=O) groups is 3. The SMILES string of the molecule is CC/C(=C\c1cc(C)c(O)c(C)c1)CC[C@H]1OB(O)C[C@H]2C1=C(COC)C[C@H]1C(=O)N(C(=O)OC)C(=O)[C@H]12. The number of methoxy groups -OCH3 is 2. The van der Waals surface area contributed by atoms with Gasteiger partial charge in [-0.2, -0.15) is 4.90 Å². The molecule has 0 saturated carbocycles. The number of hydrogen-bond donors (Lipinski definition) is 2. The summed E-state index contributed by atoms with van der Waals surface area (Å²) < 4.78 is 16.2. The average Bonchev–Trinajstić information content (AvgIpc) is 3.13. The van der Waals surface area contributed by atoms with Crippen molar-refractivity contribution >= 4 is 31.1 Å². The molecular weight excluding hydrogens is 489 g/mol. The Labute approximate surface area is 223 Å². The first-order chi connectivity index (χ1) is 18.1. The van der Waals surface area contributed by atoms with E-state index in [-0.39, 0.29) is 12.9 Å². The Kier molecular flexibility index (Phi) is 8.44. The lowest BCUT2D eigenvalue weighted by Crippen LogP contribution is -2.46. The van der Waals surface area contributed by atoms with Crippen molar-refractivity contribution in [2.45, 2.75) is 58.9 Å². The number of carbonyl (C=O) groups excluding carboxylic acids is 3. The summed E-state index contributed by atoms with van der Waals surface area (Å²) >= 11 is 0. The van der Waals surface area contributed by atoms with Crippen molar-refractivity contribution in [3.8, 4) is 5.75 Å². The molecule has 3 aliphatic rings. The molecule has 3 amide bonds. The molecule has 9 nitrogen and oxygen atoms in total. The van der Waals surface area contributed by atoms with Crippen LogP contribution in [0, 0.1) is 31.6 Å². The van der Waals surface area contributed by atoms with Gasteiger partial charge in [0.05, 0.1) is 31.7 Å². The zero-order valence-corrected chi connectivity index (χ0v) is 22.7. The van der Waals surface area contributed by atoms with Gasteiger partial charge in [-0.1, -0.05) is 18.6 Å². The number of benzene rings is 1. The van der Waals surface area contributed by atoms with Gasteiger partial charge in [0.25, 0.3) is 0 Å². The molecule has 2 heterocycles. The molecule has 10 heteroatoms. The summed E-state index contributed by atoms with van der Waals surface area (Å²) in [6, 6.07) is 3.90. The third-order valence-corrected chi connectivity index (χ3v) is 8.05. The third-order valence-electron chi connectivity index (χ3n) is 8.05. The van der Waals surface area contributed by atoms with E-state index in [2.05, 4.69) is 13.0 Å². The number of phenols is 1. The summed E-state index contributed by atoms with van der Waals surface area (Å²) in [5.41, 5.74) is 5.61. The van der Waals surface area contributed by atoms with E-state index >= 15 is 0 Å². The van der Waals surface area contributed by atoms with Crippen LogP contribution in [0.1, 0.15) is 49.3 Å². The monoisotopic (exact) mass is 525 g/mol. The second-order valence-corrected chi connectivity index (χ2v) is 10.4. The summed E-state index contributed by atoms with van der Waals surface area (Å²) in [5.74, 6) is -2.72. The second-order valence-electron chi connectivity index (χ2n) is 10.4.